The normalized spacial score (nSPS) is 12.9. The molecule has 0 bridgehead atoms. The molecular weight excluding hydrogens is 382 g/mol. The second-order valence-electron chi connectivity index (χ2n) is 6.77. The Balaban J connectivity index is 2.28. The quantitative estimate of drug-likeness (QED) is 0.460. The lowest BCUT2D eigenvalue weighted by Gasteiger charge is -2.16. The molecule has 0 radical (unpaired) electrons. The smallest absolute Gasteiger partial charge is 0.279 e. The highest BCUT2D eigenvalue weighted by molar-refractivity contribution is 6.06. The van der Waals surface area contributed by atoms with Crippen molar-refractivity contribution in [2.24, 2.45) is 10.7 Å². The van der Waals surface area contributed by atoms with Gasteiger partial charge in [0.15, 0.2) is 0 Å². The van der Waals surface area contributed by atoms with Crippen molar-refractivity contribution in [2.45, 2.75) is 26.6 Å². The first-order valence-corrected chi connectivity index (χ1v) is 9.63. The fourth-order valence-corrected chi connectivity index (χ4v) is 2.60. The lowest BCUT2D eigenvalue weighted by atomic mass is 10.2. The number of benzene rings is 2. The molecular formula is C23H29N3O4. The number of carbonyl (C=O) groups excluding carboxylic acids is 1. The summed E-state index contributed by atoms with van der Waals surface area (Å²) in [5, 5.41) is 2.93. The number of methoxy groups -OCH3 is 1. The van der Waals surface area contributed by atoms with Gasteiger partial charge in [-0.2, -0.15) is 4.99 Å². The number of hydrogen-bond donors (Lipinski definition) is 2. The number of allylic oxidation sites excluding steroid dienone is 1. The van der Waals surface area contributed by atoms with Crippen LogP contribution >= 0.6 is 0 Å². The Labute approximate surface area is 177 Å². The molecule has 2 rings (SSSR count). The third-order valence-corrected chi connectivity index (χ3v) is 4.10. The standard InChI is InChI=1S/C23H29N3O4/c1-16(25-3)10-22(24)26-23(27)19-11-20(29-15-18-8-6-5-7-9-18)13-21(12-19)30-17(2)14-28-4/h5-13,17,25H,14-15H2,1-4H3,(H2,24,26,27)/b16-10-/t17-/m0/s1. The number of amides is 1. The number of ether oxygens (including phenoxy) is 3. The minimum atomic E-state index is -0.484. The maximum Gasteiger partial charge on any atom is 0.279 e. The lowest BCUT2D eigenvalue weighted by Crippen LogP contribution is -2.18. The van der Waals surface area contributed by atoms with E-state index < -0.39 is 5.91 Å². The van der Waals surface area contributed by atoms with Crippen LogP contribution in [-0.2, 0) is 11.3 Å². The van der Waals surface area contributed by atoms with E-state index in [1.54, 1.807) is 38.4 Å². The SMILES string of the molecule is CN/C(C)=C\C(N)=NC(=O)c1cc(OCc2ccccc2)cc(O[C@@H](C)COC)c1. The van der Waals surface area contributed by atoms with Crippen molar-refractivity contribution >= 4 is 11.7 Å². The summed E-state index contributed by atoms with van der Waals surface area (Å²) in [6.45, 7) is 4.48. The van der Waals surface area contributed by atoms with Crippen LogP contribution in [0, 0.1) is 0 Å². The fraction of sp³-hybridized carbons (Fsp3) is 0.304. The van der Waals surface area contributed by atoms with Gasteiger partial charge in [0.05, 0.1) is 6.61 Å². The summed E-state index contributed by atoms with van der Waals surface area (Å²) in [6, 6.07) is 14.8. The molecule has 0 unspecified atom stereocenters. The number of nitrogens with one attached hydrogen (secondary N) is 1. The molecule has 0 heterocycles. The second kappa shape index (κ2) is 11.6. The van der Waals surface area contributed by atoms with Crippen LogP contribution in [0.5, 0.6) is 11.5 Å². The number of amidine groups is 1. The first-order chi connectivity index (χ1) is 14.4. The molecule has 1 atom stereocenters. The number of carbonyl (C=O) groups is 1. The minimum Gasteiger partial charge on any atom is -0.489 e. The fourth-order valence-electron chi connectivity index (χ4n) is 2.60. The average molecular weight is 412 g/mol. The molecule has 0 aliphatic rings. The molecule has 0 aliphatic carbocycles. The van der Waals surface area contributed by atoms with Crippen LogP contribution < -0.4 is 20.5 Å². The maximum absolute atomic E-state index is 12.7. The first-order valence-electron chi connectivity index (χ1n) is 9.63. The van der Waals surface area contributed by atoms with Gasteiger partial charge in [0.1, 0.15) is 30.0 Å². The Morgan fingerprint density at radius 3 is 2.57 bits per heavy atom. The van der Waals surface area contributed by atoms with E-state index in [9.17, 15) is 4.79 Å². The molecule has 3 N–H and O–H groups in total. The topological polar surface area (TPSA) is 95.2 Å². The highest BCUT2D eigenvalue weighted by Gasteiger charge is 2.13. The monoisotopic (exact) mass is 411 g/mol. The largest absolute Gasteiger partial charge is 0.489 e. The van der Waals surface area contributed by atoms with Gasteiger partial charge in [-0.3, -0.25) is 4.79 Å². The molecule has 0 saturated heterocycles. The average Bonchev–Trinajstić information content (AvgIpc) is 2.72. The molecule has 7 heteroatoms. The molecule has 0 saturated carbocycles. The van der Waals surface area contributed by atoms with Gasteiger partial charge in [-0.15, -0.1) is 0 Å². The summed E-state index contributed by atoms with van der Waals surface area (Å²) in [5.74, 6) is 0.615. The second-order valence-corrected chi connectivity index (χ2v) is 6.77. The van der Waals surface area contributed by atoms with Crippen molar-refractivity contribution in [3.8, 4) is 11.5 Å². The molecule has 0 aliphatic heterocycles. The predicted molar refractivity (Wildman–Crippen MR) is 118 cm³/mol. The summed E-state index contributed by atoms with van der Waals surface area (Å²) in [6.07, 6.45) is 1.39. The Morgan fingerprint density at radius 1 is 1.20 bits per heavy atom. The Morgan fingerprint density at radius 2 is 1.90 bits per heavy atom. The van der Waals surface area contributed by atoms with Gasteiger partial charge in [0, 0.05) is 31.5 Å². The van der Waals surface area contributed by atoms with E-state index in [0.717, 1.165) is 11.3 Å². The van der Waals surface area contributed by atoms with E-state index in [-0.39, 0.29) is 11.9 Å². The van der Waals surface area contributed by atoms with Crippen LogP contribution in [-0.4, -0.2) is 38.6 Å². The zero-order valence-corrected chi connectivity index (χ0v) is 17.8. The van der Waals surface area contributed by atoms with Gasteiger partial charge in [-0.25, -0.2) is 0 Å². The van der Waals surface area contributed by atoms with Gasteiger partial charge >= 0.3 is 0 Å². The summed E-state index contributed by atoms with van der Waals surface area (Å²) in [5.41, 5.74) is 7.98. The van der Waals surface area contributed by atoms with E-state index in [0.29, 0.717) is 30.3 Å². The van der Waals surface area contributed by atoms with Gasteiger partial charge < -0.3 is 25.3 Å². The predicted octanol–water partition coefficient (Wildman–Crippen LogP) is 3.30. The third-order valence-electron chi connectivity index (χ3n) is 4.10. The molecule has 0 fully saturated rings. The van der Waals surface area contributed by atoms with Gasteiger partial charge in [-0.1, -0.05) is 30.3 Å². The molecule has 2 aromatic rings. The van der Waals surface area contributed by atoms with Crippen molar-refractivity contribution < 1.29 is 19.0 Å². The Bertz CT molecular complexity index is 895. The number of nitrogens with two attached hydrogens (primary N) is 1. The Kier molecular flexibility index (Phi) is 8.90. The molecule has 0 aromatic heterocycles. The molecule has 7 nitrogen and oxygen atoms in total. The van der Waals surface area contributed by atoms with Gasteiger partial charge in [0.25, 0.3) is 5.91 Å². The molecule has 1 amide bonds. The van der Waals surface area contributed by atoms with Crippen LogP contribution in [0.4, 0.5) is 0 Å². The van der Waals surface area contributed by atoms with Crippen LogP contribution in [0.25, 0.3) is 0 Å². The molecule has 30 heavy (non-hydrogen) atoms. The van der Waals surface area contributed by atoms with Gasteiger partial charge in [-0.05, 0) is 37.6 Å². The van der Waals surface area contributed by atoms with E-state index in [4.69, 9.17) is 19.9 Å². The van der Waals surface area contributed by atoms with E-state index in [1.807, 2.05) is 44.2 Å². The van der Waals surface area contributed by atoms with Crippen molar-refractivity contribution in [1.82, 2.24) is 5.32 Å². The van der Waals surface area contributed by atoms with Crippen molar-refractivity contribution in [3.63, 3.8) is 0 Å². The maximum atomic E-state index is 12.7. The van der Waals surface area contributed by atoms with Crippen LogP contribution in [0.3, 0.4) is 0 Å². The zero-order valence-electron chi connectivity index (χ0n) is 17.8. The highest BCUT2D eigenvalue weighted by atomic mass is 16.5. The molecule has 0 spiro atoms. The van der Waals surface area contributed by atoms with Crippen LogP contribution in [0.1, 0.15) is 29.8 Å². The molecule has 2 aromatic carbocycles. The zero-order chi connectivity index (χ0) is 21.9. The Hall–Kier alpha value is -3.32. The first kappa shape index (κ1) is 23.0. The summed E-state index contributed by atoms with van der Waals surface area (Å²) in [4.78, 5) is 16.6. The summed E-state index contributed by atoms with van der Waals surface area (Å²) in [7, 11) is 3.37. The van der Waals surface area contributed by atoms with Gasteiger partial charge in [0.2, 0.25) is 0 Å². The molecule has 160 valence electrons. The van der Waals surface area contributed by atoms with Crippen LogP contribution in [0.2, 0.25) is 0 Å². The number of hydrogen-bond acceptors (Lipinski definition) is 5. The van der Waals surface area contributed by atoms with E-state index in [2.05, 4.69) is 10.3 Å². The number of rotatable bonds is 10. The van der Waals surface area contributed by atoms with Crippen molar-refractivity contribution in [3.05, 3.63) is 71.4 Å². The van der Waals surface area contributed by atoms with Crippen LogP contribution in [0.15, 0.2) is 65.3 Å². The summed E-state index contributed by atoms with van der Waals surface area (Å²) >= 11 is 0. The van der Waals surface area contributed by atoms with Crippen molar-refractivity contribution in [1.29, 1.82) is 0 Å². The number of aliphatic imine (C=N–C) groups is 1. The highest BCUT2D eigenvalue weighted by Crippen LogP contribution is 2.25. The lowest BCUT2D eigenvalue weighted by molar-refractivity contribution is 0.0913. The summed E-state index contributed by atoms with van der Waals surface area (Å²) < 4.78 is 16.9. The van der Waals surface area contributed by atoms with Crippen molar-refractivity contribution in [2.75, 3.05) is 20.8 Å². The van der Waals surface area contributed by atoms with E-state index in [1.165, 1.54) is 0 Å². The number of nitrogens with zero attached hydrogens (tertiary/aromatic N) is 1. The third kappa shape index (κ3) is 7.60. The van der Waals surface area contributed by atoms with E-state index >= 15 is 0 Å². The minimum absolute atomic E-state index is 0.109.